The van der Waals surface area contributed by atoms with Crippen molar-refractivity contribution in [3.05, 3.63) is 0 Å². The second kappa shape index (κ2) is 5.97. The Labute approximate surface area is 153 Å². The SMILES string of the molecule is CCOC(=O)C[C@@]1(C)CC[C@@H]2[C@@]3(C)CC[C@H](O)C(C)(C)[C@@H]3CC[C@]21C. The van der Waals surface area contributed by atoms with E-state index < -0.39 is 0 Å². The average Bonchev–Trinajstić information content (AvgIpc) is 2.76. The second-order valence-corrected chi connectivity index (χ2v) is 10.5. The normalized spacial score (nSPS) is 48.5. The zero-order valence-electron chi connectivity index (χ0n) is 17.2. The van der Waals surface area contributed by atoms with Crippen LogP contribution in [0, 0.1) is 33.5 Å². The Morgan fingerprint density at radius 1 is 1.00 bits per heavy atom. The van der Waals surface area contributed by atoms with Gasteiger partial charge in [0.05, 0.1) is 19.1 Å². The molecule has 3 fully saturated rings. The van der Waals surface area contributed by atoms with Gasteiger partial charge in [0.2, 0.25) is 0 Å². The van der Waals surface area contributed by atoms with Gasteiger partial charge in [0.25, 0.3) is 0 Å². The number of fused-ring (bicyclic) bond motifs is 3. The molecule has 25 heavy (non-hydrogen) atoms. The lowest BCUT2D eigenvalue weighted by molar-refractivity contribution is -0.180. The lowest BCUT2D eigenvalue weighted by Gasteiger charge is -2.64. The molecule has 0 amide bonds. The van der Waals surface area contributed by atoms with Crippen LogP contribution in [-0.4, -0.2) is 23.8 Å². The summed E-state index contributed by atoms with van der Waals surface area (Å²) in [5.74, 6) is 1.19. The van der Waals surface area contributed by atoms with E-state index in [1.807, 2.05) is 6.92 Å². The fraction of sp³-hybridized carbons (Fsp3) is 0.955. The quantitative estimate of drug-likeness (QED) is 0.732. The summed E-state index contributed by atoms with van der Waals surface area (Å²) in [6, 6.07) is 0. The highest BCUT2D eigenvalue weighted by atomic mass is 16.5. The number of aliphatic hydroxyl groups is 1. The fourth-order valence-corrected chi connectivity index (χ4v) is 7.48. The topological polar surface area (TPSA) is 46.5 Å². The summed E-state index contributed by atoms with van der Waals surface area (Å²) in [7, 11) is 0. The summed E-state index contributed by atoms with van der Waals surface area (Å²) in [5.41, 5.74) is 0.512. The molecular weight excluding hydrogens is 312 g/mol. The first-order valence-electron chi connectivity index (χ1n) is 10.3. The monoisotopic (exact) mass is 350 g/mol. The predicted octanol–water partition coefficient (Wildman–Crippen LogP) is 4.96. The minimum atomic E-state index is -0.178. The van der Waals surface area contributed by atoms with Crippen molar-refractivity contribution in [2.45, 2.75) is 92.6 Å². The number of aliphatic hydroxyl groups excluding tert-OH is 1. The van der Waals surface area contributed by atoms with E-state index in [0.717, 1.165) is 19.3 Å². The van der Waals surface area contributed by atoms with Gasteiger partial charge in [-0.15, -0.1) is 0 Å². The van der Waals surface area contributed by atoms with Crippen molar-refractivity contribution < 1.29 is 14.6 Å². The van der Waals surface area contributed by atoms with Crippen LogP contribution in [0.5, 0.6) is 0 Å². The summed E-state index contributed by atoms with van der Waals surface area (Å²) < 4.78 is 5.30. The molecular formula is C22H38O3. The first-order chi connectivity index (χ1) is 11.5. The molecule has 0 unspecified atom stereocenters. The molecule has 0 spiro atoms. The minimum absolute atomic E-state index is 0.00549. The molecule has 1 N–H and O–H groups in total. The standard InChI is InChI=1S/C22H38O3/c1-7-25-18(24)14-20(4)11-8-16-21(5)12-10-17(23)19(2,3)15(21)9-13-22(16,20)6/h15-17,23H,7-14H2,1-6H3/t15-,16+,17-,20+,21-,22+/m0/s1. The summed E-state index contributed by atoms with van der Waals surface area (Å²) >= 11 is 0. The van der Waals surface area contributed by atoms with Gasteiger partial charge in [-0.05, 0) is 78.9 Å². The third kappa shape index (κ3) is 2.59. The van der Waals surface area contributed by atoms with Crippen molar-refractivity contribution in [3.63, 3.8) is 0 Å². The molecule has 3 aliphatic rings. The van der Waals surface area contributed by atoms with Gasteiger partial charge < -0.3 is 9.84 Å². The maximum absolute atomic E-state index is 12.3. The first-order valence-corrected chi connectivity index (χ1v) is 10.3. The lowest BCUT2D eigenvalue weighted by Crippen LogP contribution is -2.59. The molecule has 0 aliphatic heterocycles. The Bertz CT molecular complexity index is 541. The van der Waals surface area contributed by atoms with Crippen LogP contribution in [0.4, 0.5) is 0 Å². The van der Waals surface area contributed by atoms with E-state index in [-0.39, 0.29) is 33.7 Å². The first kappa shape index (κ1) is 19.2. The largest absolute Gasteiger partial charge is 0.466 e. The van der Waals surface area contributed by atoms with Gasteiger partial charge in [-0.3, -0.25) is 4.79 Å². The maximum atomic E-state index is 12.3. The van der Waals surface area contributed by atoms with E-state index >= 15 is 0 Å². The molecule has 0 saturated heterocycles. The highest BCUT2D eigenvalue weighted by Crippen LogP contribution is 2.73. The van der Waals surface area contributed by atoms with Crippen LogP contribution in [0.2, 0.25) is 0 Å². The molecule has 3 rings (SSSR count). The van der Waals surface area contributed by atoms with Crippen LogP contribution >= 0.6 is 0 Å². The third-order valence-corrected chi connectivity index (χ3v) is 9.23. The number of hydrogen-bond acceptors (Lipinski definition) is 3. The highest BCUT2D eigenvalue weighted by Gasteiger charge is 2.66. The second-order valence-electron chi connectivity index (χ2n) is 10.5. The molecule has 3 nitrogen and oxygen atoms in total. The molecule has 144 valence electrons. The van der Waals surface area contributed by atoms with Crippen molar-refractivity contribution in [1.29, 1.82) is 0 Å². The molecule has 3 aliphatic carbocycles. The smallest absolute Gasteiger partial charge is 0.306 e. The fourth-order valence-electron chi connectivity index (χ4n) is 7.48. The van der Waals surface area contributed by atoms with Crippen molar-refractivity contribution in [2.75, 3.05) is 6.61 Å². The van der Waals surface area contributed by atoms with Gasteiger partial charge in [0.1, 0.15) is 0 Å². The molecule has 0 aromatic carbocycles. The van der Waals surface area contributed by atoms with Crippen LogP contribution in [0.3, 0.4) is 0 Å². The predicted molar refractivity (Wildman–Crippen MR) is 100 cm³/mol. The Hall–Kier alpha value is -0.570. The van der Waals surface area contributed by atoms with Crippen molar-refractivity contribution >= 4 is 5.97 Å². The van der Waals surface area contributed by atoms with Gasteiger partial charge in [-0.1, -0.05) is 34.6 Å². The van der Waals surface area contributed by atoms with Crippen molar-refractivity contribution in [1.82, 2.24) is 0 Å². The van der Waals surface area contributed by atoms with E-state index in [9.17, 15) is 9.90 Å². The zero-order chi connectivity index (χ0) is 18.7. The number of rotatable bonds is 3. The molecule has 0 bridgehead atoms. The van der Waals surface area contributed by atoms with Crippen molar-refractivity contribution in [2.24, 2.45) is 33.5 Å². The van der Waals surface area contributed by atoms with Gasteiger partial charge in [0.15, 0.2) is 0 Å². The highest BCUT2D eigenvalue weighted by molar-refractivity contribution is 5.70. The summed E-state index contributed by atoms with van der Waals surface area (Å²) in [6.07, 6.45) is 7.10. The van der Waals surface area contributed by atoms with E-state index in [0.29, 0.717) is 24.9 Å². The molecule has 3 heteroatoms. The molecule has 0 aromatic rings. The summed E-state index contributed by atoms with van der Waals surface area (Å²) in [4.78, 5) is 12.3. The summed E-state index contributed by atoms with van der Waals surface area (Å²) in [5, 5.41) is 10.6. The Kier molecular flexibility index (Phi) is 4.59. The molecule has 3 saturated carbocycles. The lowest BCUT2D eigenvalue weighted by atomic mass is 9.41. The number of carbonyl (C=O) groups is 1. The van der Waals surface area contributed by atoms with E-state index in [4.69, 9.17) is 4.74 Å². The Balaban J connectivity index is 1.91. The minimum Gasteiger partial charge on any atom is -0.466 e. The van der Waals surface area contributed by atoms with Crippen LogP contribution < -0.4 is 0 Å². The third-order valence-electron chi connectivity index (χ3n) is 9.23. The van der Waals surface area contributed by atoms with Gasteiger partial charge in [-0.2, -0.15) is 0 Å². The van der Waals surface area contributed by atoms with Crippen LogP contribution in [0.1, 0.15) is 86.5 Å². The van der Waals surface area contributed by atoms with Crippen LogP contribution in [-0.2, 0) is 9.53 Å². The average molecular weight is 351 g/mol. The van der Waals surface area contributed by atoms with Crippen molar-refractivity contribution in [3.8, 4) is 0 Å². The van der Waals surface area contributed by atoms with Crippen LogP contribution in [0.15, 0.2) is 0 Å². The zero-order valence-corrected chi connectivity index (χ0v) is 17.2. The van der Waals surface area contributed by atoms with Crippen LogP contribution in [0.25, 0.3) is 0 Å². The molecule has 0 radical (unpaired) electrons. The molecule has 6 atom stereocenters. The molecule has 0 heterocycles. The number of ether oxygens (including phenoxy) is 1. The van der Waals surface area contributed by atoms with E-state index in [2.05, 4.69) is 34.6 Å². The Morgan fingerprint density at radius 3 is 2.28 bits per heavy atom. The number of esters is 1. The van der Waals surface area contributed by atoms with E-state index in [1.165, 1.54) is 19.3 Å². The molecule has 0 aromatic heterocycles. The van der Waals surface area contributed by atoms with Gasteiger partial charge in [0, 0.05) is 0 Å². The number of carbonyl (C=O) groups excluding carboxylic acids is 1. The number of hydrogen-bond donors (Lipinski definition) is 1. The Morgan fingerprint density at radius 2 is 1.64 bits per heavy atom. The van der Waals surface area contributed by atoms with Gasteiger partial charge in [-0.25, -0.2) is 0 Å². The van der Waals surface area contributed by atoms with Gasteiger partial charge >= 0.3 is 5.97 Å². The maximum Gasteiger partial charge on any atom is 0.306 e. The van der Waals surface area contributed by atoms with E-state index in [1.54, 1.807) is 0 Å². The summed E-state index contributed by atoms with van der Waals surface area (Å²) in [6.45, 7) is 14.2.